The van der Waals surface area contributed by atoms with Gasteiger partial charge in [-0.3, -0.25) is 19.2 Å². The molecule has 2 aliphatic rings. The molecule has 0 saturated carbocycles. The second kappa shape index (κ2) is 10.8. The Morgan fingerprint density at radius 1 is 1.30 bits per heavy atom. The Kier molecular flexibility index (Phi) is 8.95. The van der Waals surface area contributed by atoms with Crippen LogP contribution >= 0.6 is 7.82 Å². The molecule has 0 aromatic carbocycles. The number of aliphatic hydroxyl groups is 2. The SMILES string of the molecule is C/C(=C/C[C@H]1C[C@@H](OP(=O)(O)OCC2O[C@@H](C)C[C@H]2O)C(CO)O1)C(=O)NC(N)=O. The average molecular weight is 452 g/mol. The number of hydrogen-bond acceptors (Lipinski definition) is 9. The number of urea groups is 1. The minimum atomic E-state index is -4.50. The number of carbonyl (C=O) groups excluding carboxylic acids is 2. The number of nitrogens with one attached hydrogen (secondary N) is 1. The highest BCUT2D eigenvalue weighted by atomic mass is 31.2. The lowest BCUT2D eigenvalue weighted by Crippen LogP contribution is -2.35. The van der Waals surface area contributed by atoms with E-state index in [2.05, 4.69) is 0 Å². The Morgan fingerprint density at radius 3 is 2.57 bits per heavy atom. The van der Waals surface area contributed by atoms with Crippen LogP contribution in [0.5, 0.6) is 0 Å². The summed E-state index contributed by atoms with van der Waals surface area (Å²) < 4.78 is 33.4. The molecule has 0 spiro atoms. The van der Waals surface area contributed by atoms with Gasteiger partial charge in [-0.15, -0.1) is 0 Å². The molecule has 0 bridgehead atoms. The van der Waals surface area contributed by atoms with Gasteiger partial charge in [0, 0.05) is 18.4 Å². The summed E-state index contributed by atoms with van der Waals surface area (Å²) in [4.78, 5) is 32.4. The average Bonchev–Trinajstić information content (AvgIpc) is 3.18. The van der Waals surface area contributed by atoms with E-state index in [0.717, 1.165) is 0 Å². The van der Waals surface area contributed by atoms with Gasteiger partial charge in [-0.05, 0) is 20.3 Å². The van der Waals surface area contributed by atoms with Gasteiger partial charge in [-0.1, -0.05) is 6.08 Å². The number of hydrogen-bond donors (Lipinski definition) is 5. The van der Waals surface area contributed by atoms with Crippen LogP contribution in [0.15, 0.2) is 11.6 Å². The van der Waals surface area contributed by atoms with Crippen molar-refractivity contribution in [3.63, 3.8) is 0 Å². The topological polar surface area (TPSA) is 187 Å². The van der Waals surface area contributed by atoms with Gasteiger partial charge in [-0.25, -0.2) is 9.36 Å². The smallest absolute Gasteiger partial charge is 0.394 e. The molecule has 2 heterocycles. The molecule has 0 aromatic rings. The van der Waals surface area contributed by atoms with Crippen molar-refractivity contribution in [2.45, 2.75) is 69.7 Å². The molecule has 172 valence electrons. The summed E-state index contributed by atoms with van der Waals surface area (Å²) >= 11 is 0. The lowest BCUT2D eigenvalue weighted by molar-refractivity contribution is -0.116. The van der Waals surface area contributed by atoms with Crippen molar-refractivity contribution in [2.75, 3.05) is 13.2 Å². The van der Waals surface area contributed by atoms with Crippen molar-refractivity contribution >= 4 is 19.8 Å². The van der Waals surface area contributed by atoms with E-state index in [4.69, 9.17) is 24.3 Å². The van der Waals surface area contributed by atoms with Crippen LogP contribution in [0, 0.1) is 0 Å². The van der Waals surface area contributed by atoms with E-state index in [1.54, 1.807) is 6.92 Å². The van der Waals surface area contributed by atoms with Crippen LogP contribution in [0.3, 0.4) is 0 Å². The minimum Gasteiger partial charge on any atom is -0.394 e. The third-order valence-corrected chi connectivity index (χ3v) is 5.83. The number of phosphoric acid groups is 1. The maximum absolute atomic E-state index is 12.3. The maximum atomic E-state index is 12.3. The molecule has 13 heteroatoms. The Bertz CT molecular complexity index is 702. The first-order chi connectivity index (χ1) is 14.0. The van der Waals surface area contributed by atoms with Crippen molar-refractivity contribution in [1.82, 2.24) is 5.32 Å². The molecule has 12 nitrogen and oxygen atoms in total. The van der Waals surface area contributed by atoms with Gasteiger partial charge >= 0.3 is 13.9 Å². The molecule has 2 aliphatic heterocycles. The van der Waals surface area contributed by atoms with Gasteiger partial charge in [0.25, 0.3) is 5.91 Å². The summed E-state index contributed by atoms with van der Waals surface area (Å²) in [5.74, 6) is -0.647. The Hall–Kier alpha value is -1.37. The second-order valence-corrected chi connectivity index (χ2v) is 8.76. The molecule has 7 atom stereocenters. The van der Waals surface area contributed by atoms with Crippen molar-refractivity contribution in [1.29, 1.82) is 0 Å². The van der Waals surface area contributed by atoms with Gasteiger partial charge in [0.1, 0.15) is 18.3 Å². The van der Waals surface area contributed by atoms with Crippen molar-refractivity contribution < 1.29 is 47.8 Å². The summed E-state index contributed by atoms with van der Waals surface area (Å²) in [6.07, 6.45) is -1.66. The zero-order chi connectivity index (χ0) is 22.5. The van der Waals surface area contributed by atoms with E-state index < -0.39 is 56.9 Å². The van der Waals surface area contributed by atoms with E-state index in [1.165, 1.54) is 13.0 Å². The predicted octanol–water partition coefficient (Wildman–Crippen LogP) is -0.292. The normalized spacial score (nSPS) is 34.0. The van der Waals surface area contributed by atoms with Crippen molar-refractivity contribution in [2.24, 2.45) is 5.73 Å². The summed E-state index contributed by atoms with van der Waals surface area (Å²) in [6, 6.07) is -0.970. The zero-order valence-electron chi connectivity index (χ0n) is 16.8. The predicted molar refractivity (Wildman–Crippen MR) is 102 cm³/mol. The van der Waals surface area contributed by atoms with E-state index in [0.29, 0.717) is 6.42 Å². The number of phosphoric ester groups is 1. The number of amides is 3. The van der Waals surface area contributed by atoms with E-state index in [-0.39, 0.29) is 31.1 Å². The number of aliphatic hydroxyl groups excluding tert-OH is 2. The first-order valence-electron chi connectivity index (χ1n) is 9.53. The Balaban J connectivity index is 1.87. The van der Waals surface area contributed by atoms with Crippen LogP contribution in [0.1, 0.15) is 33.1 Å². The fourth-order valence-corrected chi connectivity index (χ4v) is 4.25. The minimum absolute atomic E-state index is 0.167. The first kappa shape index (κ1) is 24.9. The van der Waals surface area contributed by atoms with Gasteiger partial charge in [0.2, 0.25) is 0 Å². The van der Waals surface area contributed by atoms with Crippen LogP contribution in [0.25, 0.3) is 0 Å². The zero-order valence-corrected chi connectivity index (χ0v) is 17.7. The summed E-state index contributed by atoms with van der Waals surface area (Å²) in [5, 5.41) is 21.2. The molecule has 6 N–H and O–H groups in total. The lowest BCUT2D eigenvalue weighted by atomic mass is 10.1. The number of ether oxygens (including phenoxy) is 2. The molecule has 2 fully saturated rings. The van der Waals surface area contributed by atoms with E-state index >= 15 is 0 Å². The van der Waals surface area contributed by atoms with E-state index in [9.17, 15) is 29.3 Å². The molecular formula is C17H29N2O10P. The molecule has 2 saturated heterocycles. The number of imide groups is 1. The standard InChI is InChI=1S/C17H29N2O10P/c1-9(16(22)19-17(18)23)3-4-11-6-13(14(7-20)28-11)29-30(24,25)26-8-15-12(21)5-10(2)27-15/h3,10-15,20-21H,4-8H2,1-2H3,(H,24,25)(H3,18,19,22,23)/b9-3-/t10-,11-,12+,13+,14?,15?/m0/s1. The lowest BCUT2D eigenvalue weighted by Gasteiger charge is -2.21. The third kappa shape index (κ3) is 7.40. The summed E-state index contributed by atoms with van der Waals surface area (Å²) in [6.45, 7) is 2.49. The number of primary amides is 1. The Morgan fingerprint density at radius 2 is 2.00 bits per heavy atom. The summed E-state index contributed by atoms with van der Waals surface area (Å²) in [5.41, 5.74) is 5.13. The van der Waals surface area contributed by atoms with Crippen LogP contribution in [-0.4, -0.2) is 76.9 Å². The van der Waals surface area contributed by atoms with Crippen molar-refractivity contribution in [3.8, 4) is 0 Å². The molecule has 0 radical (unpaired) electrons. The molecule has 30 heavy (non-hydrogen) atoms. The number of nitrogens with two attached hydrogens (primary N) is 1. The Labute approximate surface area is 173 Å². The van der Waals surface area contributed by atoms with Crippen LogP contribution in [0.4, 0.5) is 4.79 Å². The molecule has 0 aliphatic carbocycles. The van der Waals surface area contributed by atoms with Gasteiger partial charge in [0.15, 0.2) is 0 Å². The van der Waals surface area contributed by atoms with Gasteiger partial charge < -0.3 is 30.3 Å². The van der Waals surface area contributed by atoms with Crippen molar-refractivity contribution in [3.05, 3.63) is 11.6 Å². The fourth-order valence-electron chi connectivity index (χ4n) is 3.29. The van der Waals surface area contributed by atoms with E-state index in [1.807, 2.05) is 5.32 Å². The fraction of sp³-hybridized carbons (Fsp3) is 0.765. The summed E-state index contributed by atoms with van der Waals surface area (Å²) in [7, 11) is -4.50. The molecule has 0 aromatic heterocycles. The molecule has 3 amide bonds. The molecule has 3 unspecified atom stereocenters. The number of rotatable bonds is 9. The highest BCUT2D eigenvalue weighted by Crippen LogP contribution is 2.48. The van der Waals surface area contributed by atoms with Crippen LogP contribution < -0.4 is 11.1 Å². The highest BCUT2D eigenvalue weighted by Gasteiger charge is 2.41. The maximum Gasteiger partial charge on any atom is 0.472 e. The highest BCUT2D eigenvalue weighted by molar-refractivity contribution is 7.47. The third-order valence-electron chi connectivity index (χ3n) is 4.82. The monoisotopic (exact) mass is 452 g/mol. The quantitative estimate of drug-likeness (QED) is 0.230. The van der Waals surface area contributed by atoms with Gasteiger partial charge in [0.05, 0.1) is 31.5 Å². The molecular weight excluding hydrogens is 423 g/mol. The largest absolute Gasteiger partial charge is 0.472 e. The number of carbonyl (C=O) groups is 2. The van der Waals surface area contributed by atoms with Crippen LogP contribution in [0.2, 0.25) is 0 Å². The molecule has 2 rings (SSSR count). The second-order valence-electron chi connectivity index (χ2n) is 7.35. The van der Waals surface area contributed by atoms with Gasteiger partial charge in [-0.2, -0.15) is 0 Å². The van der Waals surface area contributed by atoms with Crippen LogP contribution in [-0.2, 0) is 27.9 Å². The first-order valence-corrected chi connectivity index (χ1v) is 11.0.